The van der Waals surface area contributed by atoms with Crippen molar-refractivity contribution < 1.29 is 0 Å². The van der Waals surface area contributed by atoms with Gasteiger partial charge in [-0.25, -0.2) is 0 Å². The third kappa shape index (κ3) is 3.60. The van der Waals surface area contributed by atoms with Crippen molar-refractivity contribution in [3.05, 3.63) is 35.9 Å². The first-order chi connectivity index (χ1) is 9.63. The highest BCUT2D eigenvalue weighted by Crippen LogP contribution is 2.24. The molecule has 0 aromatic heterocycles. The molecule has 0 radical (unpaired) electrons. The average Bonchev–Trinajstić information content (AvgIpc) is 2.49. The summed E-state index contributed by atoms with van der Waals surface area (Å²) in [5, 5.41) is 3.50. The van der Waals surface area contributed by atoms with Gasteiger partial charge in [0, 0.05) is 18.1 Å². The van der Waals surface area contributed by atoms with Crippen LogP contribution in [0.25, 0.3) is 0 Å². The van der Waals surface area contributed by atoms with Gasteiger partial charge in [0.25, 0.3) is 0 Å². The molecule has 0 bridgehead atoms. The first-order valence-corrected chi connectivity index (χ1v) is 7.76. The minimum Gasteiger partial charge on any atom is -0.312 e. The minimum absolute atomic E-state index is 0.409. The van der Waals surface area contributed by atoms with E-state index in [-0.39, 0.29) is 0 Å². The predicted molar refractivity (Wildman–Crippen MR) is 86.0 cm³/mol. The summed E-state index contributed by atoms with van der Waals surface area (Å²) in [6.45, 7) is 4.76. The van der Waals surface area contributed by atoms with Gasteiger partial charge in [-0.3, -0.25) is 4.90 Å². The highest BCUT2D eigenvalue weighted by atomic mass is 15.2. The van der Waals surface area contributed by atoms with Crippen molar-refractivity contribution in [2.75, 3.05) is 34.2 Å². The zero-order valence-corrected chi connectivity index (χ0v) is 13.3. The van der Waals surface area contributed by atoms with E-state index in [0.717, 1.165) is 6.04 Å². The quantitative estimate of drug-likeness (QED) is 0.890. The molecule has 1 N–H and O–H groups in total. The van der Waals surface area contributed by atoms with Gasteiger partial charge in [-0.05, 0) is 59.6 Å². The number of nitrogens with zero attached hydrogens (tertiary/aromatic N) is 2. The molecule has 2 atom stereocenters. The lowest BCUT2D eigenvalue weighted by Gasteiger charge is -2.41. The second-order valence-corrected chi connectivity index (χ2v) is 6.15. The van der Waals surface area contributed by atoms with Gasteiger partial charge in [0.2, 0.25) is 0 Å². The van der Waals surface area contributed by atoms with Crippen LogP contribution in [0.5, 0.6) is 0 Å². The maximum Gasteiger partial charge on any atom is 0.0473 e. The molecule has 1 aliphatic rings. The third-order valence-electron chi connectivity index (χ3n) is 4.76. The average molecular weight is 275 g/mol. The van der Waals surface area contributed by atoms with E-state index in [2.05, 4.69) is 73.5 Å². The van der Waals surface area contributed by atoms with Crippen LogP contribution < -0.4 is 5.32 Å². The normalized spacial score (nSPS) is 21.1. The molecule has 1 fully saturated rings. The molecular weight excluding hydrogens is 246 g/mol. The van der Waals surface area contributed by atoms with E-state index in [0.29, 0.717) is 12.1 Å². The zero-order valence-electron chi connectivity index (χ0n) is 13.3. The Kier molecular flexibility index (Phi) is 5.58. The number of piperidine rings is 1. The molecule has 1 saturated heterocycles. The summed E-state index contributed by atoms with van der Waals surface area (Å²) in [4.78, 5) is 5.00. The number of hydrogen-bond donors (Lipinski definition) is 1. The SMILES string of the molecule is CNC(c1ccccc1)C(C)N1CCC(N(C)C)CC1. The van der Waals surface area contributed by atoms with E-state index < -0.39 is 0 Å². The molecule has 1 heterocycles. The Labute approximate surface area is 124 Å². The molecule has 2 unspecified atom stereocenters. The monoisotopic (exact) mass is 275 g/mol. The van der Waals surface area contributed by atoms with Crippen molar-refractivity contribution in [2.24, 2.45) is 0 Å². The Bertz CT molecular complexity index is 382. The smallest absolute Gasteiger partial charge is 0.0473 e. The van der Waals surface area contributed by atoms with Gasteiger partial charge < -0.3 is 10.2 Å². The molecule has 0 aliphatic carbocycles. The molecule has 0 spiro atoms. The number of likely N-dealkylation sites (tertiary alicyclic amines) is 1. The van der Waals surface area contributed by atoms with Gasteiger partial charge in [0.15, 0.2) is 0 Å². The van der Waals surface area contributed by atoms with Crippen LogP contribution in [0.2, 0.25) is 0 Å². The van der Waals surface area contributed by atoms with Crippen LogP contribution >= 0.6 is 0 Å². The van der Waals surface area contributed by atoms with E-state index in [4.69, 9.17) is 0 Å². The molecule has 112 valence electrons. The molecule has 1 aromatic rings. The zero-order chi connectivity index (χ0) is 14.5. The summed E-state index contributed by atoms with van der Waals surface area (Å²) >= 11 is 0. The standard InChI is InChI=1S/C17H29N3/c1-14(17(18-2)15-8-6-5-7-9-15)20-12-10-16(11-13-20)19(3)4/h5-9,14,16-18H,10-13H2,1-4H3. The highest BCUT2D eigenvalue weighted by molar-refractivity contribution is 5.20. The van der Waals surface area contributed by atoms with Gasteiger partial charge in [0.1, 0.15) is 0 Å². The summed E-state index contributed by atoms with van der Waals surface area (Å²) in [5.41, 5.74) is 1.39. The molecule has 1 aromatic carbocycles. The summed E-state index contributed by atoms with van der Waals surface area (Å²) in [5.74, 6) is 0. The Hall–Kier alpha value is -0.900. The lowest BCUT2D eigenvalue weighted by Crippen LogP contribution is -2.49. The minimum atomic E-state index is 0.409. The molecule has 0 amide bonds. The molecule has 1 aliphatic heterocycles. The van der Waals surface area contributed by atoms with Crippen LogP contribution in [-0.2, 0) is 0 Å². The van der Waals surface area contributed by atoms with Crippen molar-refractivity contribution in [1.29, 1.82) is 0 Å². The van der Waals surface area contributed by atoms with E-state index in [1.165, 1.54) is 31.5 Å². The maximum absolute atomic E-state index is 3.50. The fourth-order valence-electron chi connectivity index (χ4n) is 3.37. The Morgan fingerprint density at radius 2 is 1.75 bits per heavy atom. The van der Waals surface area contributed by atoms with E-state index >= 15 is 0 Å². The number of hydrogen-bond acceptors (Lipinski definition) is 3. The van der Waals surface area contributed by atoms with Crippen molar-refractivity contribution in [3.8, 4) is 0 Å². The Morgan fingerprint density at radius 1 is 1.15 bits per heavy atom. The van der Waals surface area contributed by atoms with E-state index in [1.54, 1.807) is 0 Å². The van der Waals surface area contributed by atoms with Gasteiger partial charge in [-0.2, -0.15) is 0 Å². The van der Waals surface area contributed by atoms with E-state index in [1.807, 2.05) is 0 Å². The van der Waals surface area contributed by atoms with Crippen LogP contribution in [0.3, 0.4) is 0 Å². The predicted octanol–water partition coefficient (Wildman–Crippen LogP) is 2.36. The van der Waals surface area contributed by atoms with Crippen LogP contribution in [0.15, 0.2) is 30.3 Å². The summed E-state index contributed by atoms with van der Waals surface area (Å²) in [6.07, 6.45) is 2.56. The summed E-state index contributed by atoms with van der Waals surface area (Å²) < 4.78 is 0. The van der Waals surface area contributed by atoms with Crippen molar-refractivity contribution in [1.82, 2.24) is 15.1 Å². The third-order valence-corrected chi connectivity index (χ3v) is 4.76. The van der Waals surface area contributed by atoms with Crippen molar-refractivity contribution in [2.45, 2.75) is 37.9 Å². The summed E-state index contributed by atoms with van der Waals surface area (Å²) in [7, 11) is 6.47. The maximum atomic E-state index is 3.50. The first-order valence-electron chi connectivity index (χ1n) is 7.76. The number of rotatable bonds is 5. The lowest BCUT2D eigenvalue weighted by molar-refractivity contribution is 0.0981. The molecule has 3 heteroatoms. The van der Waals surface area contributed by atoms with Gasteiger partial charge in [-0.15, -0.1) is 0 Å². The number of nitrogens with one attached hydrogen (secondary N) is 1. The largest absolute Gasteiger partial charge is 0.312 e. The molecular formula is C17H29N3. The molecule has 0 saturated carbocycles. The van der Waals surface area contributed by atoms with Crippen LogP contribution in [0.4, 0.5) is 0 Å². The summed E-state index contributed by atoms with van der Waals surface area (Å²) in [6, 6.07) is 12.5. The fourth-order valence-corrected chi connectivity index (χ4v) is 3.37. The van der Waals surface area contributed by atoms with Crippen molar-refractivity contribution >= 4 is 0 Å². The lowest BCUT2D eigenvalue weighted by atomic mass is 9.96. The van der Waals surface area contributed by atoms with Gasteiger partial charge in [0.05, 0.1) is 0 Å². The van der Waals surface area contributed by atoms with Gasteiger partial charge >= 0.3 is 0 Å². The Morgan fingerprint density at radius 3 is 2.25 bits per heavy atom. The molecule has 3 nitrogen and oxygen atoms in total. The van der Waals surface area contributed by atoms with Crippen LogP contribution in [-0.4, -0.2) is 56.1 Å². The van der Waals surface area contributed by atoms with E-state index in [9.17, 15) is 0 Å². The fraction of sp³-hybridized carbons (Fsp3) is 0.647. The van der Waals surface area contributed by atoms with Gasteiger partial charge in [-0.1, -0.05) is 30.3 Å². The topological polar surface area (TPSA) is 18.5 Å². The number of likely N-dealkylation sites (N-methyl/N-ethyl adjacent to an activating group) is 1. The first kappa shape index (κ1) is 15.5. The van der Waals surface area contributed by atoms with Crippen LogP contribution in [0, 0.1) is 0 Å². The van der Waals surface area contributed by atoms with Crippen LogP contribution in [0.1, 0.15) is 31.4 Å². The second kappa shape index (κ2) is 7.21. The second-order valence-electron chi connectivity index (χ2n) is 6.15. The number of benzene rings is 1. The van der Waals surface area contributed by atoms with Crippen molar-refractivity contribution in [3.63, 3.8) is 0 Å². The Balaban J connectivity index is 1.98. The highest BCUT2D eigenvalue weighted by Gasteiger charge is 2.28. The molecule has 20 heavy (non-hydrogen) atoms. The molecule has 2 rings (SSSR count).